The zero-order valence-electron chi connectivity index (χ0n) is 26.5. The molecule has 38 heavy (non-hydrogen) atoms. The molecule has 0 unspecified atom stereocenters. The van der Waals surface area contributed by atoms with Gasteiger partial charge in [-0.1, -0.05) is 170 Å². The van der Waals surface area contributed by atoms with Crippen LogP contribution in [-0.2, 0) is 9.59 Å². The molecule has 1 aliphatic carbocycles. The van der Waals surface area contributed by atoms with E-state index in [1.807, 2.05) is 0 Å². The Hall–Kier alpha value is -1.18. The molecule has 2 heteroatoms. The minimum Gasteiger partial charge on any atom is -0.290 e. The molecule has 0 aliphatic heterocycles. The second-order valence-electron chi connectivity index (χ2n) is 13.5. The van der Waals surface area contributed by atoms with Crippen molar-refractivity contribution < 1.29 is 9.59 Å². The molecule has 0 spiro atoms. The van der Waals surface area contributed by atoms with Gasteiger partial charge < -0.3 is 0 Å². The number of hydrogen-bond acceptors (Lipinski definition) is 2. The standard InChI is InChI=1S/C36H64O2/c1-7-9-11-13-15-17-19-21-23-25-27-35(3,4)31-29-34(38)32(30-33(31)37)36(5,6)28-26-24-22-20-18-16-14-12-10-8-2/h29-30H,7-28H2,1-6H3. The maximum absolute atomic E-state index is 13.2. The number of unbranched alkanes of at least 4 members (excludes halogenated alkanes) is 18. The zero-order chi connectivity index (χ0) is 28.3. The van der Waals surface area contributed by atoms with Gasteiger partial charge in [0.15, 0.2) is 11.6 Å². The molecule has 0 aromatic carbocycles. The second-order valence-corrected chi connectivity index (χ2v) is 13.5. The summed E-state index contributed by atoms with van der Waals surface area (Å²) in [5.74, 6) is 0.126. The first kappa shape index (κ1) is 34.8. The van der Waals surface area contributed by atoms with E-state index >= 15 is 0 Å². The van der Waals surface area contributed by atoms with E-state index in [1.54, 1.807) is 12.2 Å². The Labute approximate surface area is 237 Å². The van der Waals surface area contributed by atoms with Crippen molar-refractivity contribution in [1.82, 2.24) is 0 Å². The third-order valence-electron chi connectivity index (χ3n) is 8.85. The lowest BCUT2D eigenvalue weighted by atomic mass is 9.70. The fraction of sp³-hybridized carbons (Fsp3) is 0.833. The van der Waals surface area contributed by atoms with E-state index in [2.05, 4.69) is 41.5 Å². The van der Waals surface area contributed by atoms with Crippen LogP contribution >= 0.6 is 0 Å². The summed E-state index contributed by atoms with van der Waals surface area (Å²) in [6.07, 6.45) is 31.6. The van der Waals surface area contributed by atoms with Crippen LogP contribution in [0.2, 0.25) is 0 Å². The van der Waals surface area contributed by atoms with Crippen molar-refractivity contribution in [1.29, 1.82) is 0 Å². The van der Waals surface area contributed by atoms with Gasteiger partial charge in [0.05, 0.1) is 0 Å². The molecule has 0 fully saturated rings. The number of carbonyl (C=O) groups excluding carboxylic acids is 2. The highest BCUT2D eigenvalue weighted by Gasteiger charge is 2.36. The van der Waals surface area contributed by atoms with Gasteiger partial charge >= 0.3 is 0 Å². The highest BCUT2D eigenvalue weighted by atomic mass is 16.1. The molecule has 0 amide bonds. The fourth-order valence-corrected chi connectivity index (χ4v) is 6.00. The van der Waals surface area contributed by atoms with Crippen LogP contribution in [0.4, 0.5) is 0 Å². The largest absolute Gasteiger partial charge is 0.290 e. The average Bonchev–Trinajstić information content (AvgIpc) is 2.87. The molecular weight excluding hydrogens is 464 g/mol. The van der Waals surface area contributed by atoms with Crippen LogP contribution in [0.3, 0.4) is 0 Å². The Kier molecular flexibility index (Phi) is 18.2. The molecule has 0 bridgehead atoms. The van der Waals surface area contributed by atoms with Gasteiger partial charge in [-0.25, -0.2) is 0 Å². The average molecular weight is 529 g/mol. The number of ketones is 2. The monoisotopic (exact) mass is 528 g/mol. The summed E-state index contributed by atoms with van der Waals surface area (Å²) in [4.78, 5) is 26.3. The van der Waals surface area contributed by atoms with Crippen molar-refractivity contribution in [3.05, 3.63) is 23.3 Å². The molecule has 0 N–H and O–H groups in total. The molecule has 1 aliphatic rings. The number of hydrogen-bond donors (Lipinski definition) is 0. The van der Waals surface area contributed by atoms with E-state index in [0.29, 0.717) is 0 Å². The van der Waals surface area contributed by atoms with E-state index in [-0.39, 0.29) is 22.4 Å². The zero-order valence-corrected chi connectivity index (χ0v) is 26.5. The molecule has 1 rings (SSSR count). The molecular formula is C36H64O2. The predicted molar refractivity (Wildman–Crippen MR) is 167 cm³/mol. The van der Waals surface area contributed by atoms with E-state index in [4.69, 9.17) is 0 Å². The van der Waals surface area contributed by atoms with Crippen LogP contribution in [0.15, 0.2) is 23.3 Å². The van der Waals surface area contributed by atoms with Gasteiger partial charge in [-0.3, -0.25) is 9.59 Å². The fourth-order valence-electron chi connectivity index (χ4n) is 6.00. The number of rotatable bonds is 24. The summed E-state index contributed by atoms with van der Waals surface area (Å²) >= 11 is 0. The molecule has 0 atom stereocenters. The molecule has 0 radical (unpaired) electrons. The van der Waals surface area contributed by atoms with Gasteiger partial charge in [-0.2, -0.15) is 0 Å². The third kappa shape index (κ3) is 14.3. The first-order valence-corrected chi connectivity index (χ1v) is 16.7. The van der Waals surface area contributed by atoms with Crippen LogP contribution in [0, 0.1) is 10.8 Å². The lowest BCUT2D eigenvalue weighted by Gasteiger charge is -2.32. The Morgan fingerprint density at radius 1 is 0.421 bits per heavy atom. The van der Waals surface area contributed by atoms with Gasteiger partial charge in [0.25, 0.3) is 0 Å². The highest BCUT2D eigenvalue weighted by molar-refractivity contribution is 6.20. The molecule has 0 aromatic heterocycles. The first-order valence-electron chi connectivity index (χ1n) is 16.7. The van der Waals surface area contributed by atoms with Crippen LogP contribution in [0.5, 0.6) is 0 Å². The Morgan fingerprint density at radius 3 is 0.921 bits per heavy atom. The molecule has 0 saturated heterocycles. The van der Waals surface area contributed by atoms with Crippen molar-refractivity contribution in [2.75, 3.05) is 0 Å². The summed E-state index contributed by atoms with van der Waals surface area (Å²) in [6.45, 7) is 13.1. The van der Waals surface area contributed by atoms with Crippen molar-refractivity contribution in [3.63, 3.8) is 0 Å². The SMILES string of the molecule is CCCCCCCCCCCCC(C)(C)C1=CC(=O)C(C(C)(C)CCCCCCCCCCCC)=CC1=O. The molecule has 0 saturated carbocycles. The Morgan fingerprint density at radius 2 is 0.658 bits per heavy atom. The maximum atomic E-state index is 13.2. The van der Waals surface area contributed by atoms with Crippen LogP contribution < -0.4 is 0 Å². The van der Waals surface area contributed by atoms with Crippen LogP contribution in [-0.4, -0.2) is 11.6 Å². The van der Waals surface area contributed by atoms with Crippen molar-refractivity contribution >= 4 is 11.6 Å². The van der Waals surface area contributed by atoms with Gasteiger partial charge in [-0.15, -0.1) is 0 Å². The number of allylic oxidation sites excluding steroid dienone is 4. The predicted octanol–water partition coefficient (Wildman–Crippen LogP) is 11.7. The van der Waals surface area contributed by atoms with E-state index in [9.17, 15) is 9.59 Å². The van der Waals surface area contributed by atoms with Gasteiger partial charge in [0, 0.05) is 11.1 Å². The minimum absolute atomic E-state index is 0.0628. The Balaban J connectivity index is 2.37. The van der Waals surface area contributed by atoms with Gasteiger partial charge in [0.2, 0.25) is 0 Å². The van der Waals surface area contributed by atoms with Gasteiger partial charge in [0.1, 0.15) is 0 Å². The highest BCUT2D eigenvalue weighted by Crippen LogP contribution is 2.40. The second kappa shape index (κ2) is 19.8. The molecule has 0 aromatic rings. The van der Waals surface area contributed by atoms with E-state index in [0.717, 1.165) is 36.8 Å². The number of carbonyl (C=O) groups is 2. The van der Waals surface area contributed by atoms with E-state index < -0.39 is 0 Å². The minimum atomic E-state index is -0.240. The third-order valence-corrected chi connectivity index (χ3v) is 8.85. The summed E-state index contributed by atoms with van der Waals surface area (Å²) in [7, 11) is 0. The summed E-state index contributed by atoms with van der Waals surface area (Å²) in [6, 6.07) is 0. The normalized spacial score (nSPS) is 14.7. The summed E-state index contributed by atoms with van der Waals surface area (Å²) in [5.41, 5.74) is 0.958. The van der Waals surface area contributed by atoms with Crippen molar-refractivity contribution in [2.24, 2.45) is 10.8 Å². The Bertz CT molecular complexity index is 660. The van der Waals surface area contributed by atoms with Gasteiger partial charge in [-0.05, 0) is 35.8 Å². The molecule has 2 nitrogen and oxygen atoms in total. The van der Waals surface area contributed by atoms with Crippen LogP contribution in [0.25, 0.3) is 0 Å². The van der Waals surface area contributed by atoms with Crippen LogP contribution in [0.1, 0.15) is 183 Å². The first-order chi connectivity index (χ1) is 18.2. The smallest absolute Gasteiger partial charge is 0.182 e. The summed E-state index contributed by atoms with van der Waals surface area (Å²) in [5, 5.41) is 0. The lowest BCUT2D eigenvalue weighted by molar-refractivity contribution is -0.116. The lowest BCUT2D eigenvalue weighted by Crippen LogP contribution is -2.30. The van der Waals surface area contributed by atoms with Crippen molar-refractivity contribution in [2.45, 2.75) is 183 Å². The van der Waals surface area contributed by atoms with E-state index in [1.165, 1.54) is 116 Å². The molecule has 220 valence electrons. The van der Waals surface area contributed by atoms with Crippen molar-refractivity contribution in [3.8, 4) is 0 Å². The molecule has 0 heterocycles. The maximum Gasteiger partial charge on any atom is 0.182 e. The summed E-state index contributed by atoms with van der Waals surface area (Å²) < 4.78 is 0. The topological polar surface area (TPSA) is 34.1 Å². The quantitative estimate of drug-likeness (QED) is 0.0922.